The van der Waals surface area contributed by atoms with Crippen LogP contribution in [0.4, 0.5) is 0 Å². The largest absolute Gasteiger partial charge is 0.369 e. The SMILES string of the molecule is CCC1C=Cc2ncc3c(c2=C1)=NOC3=O. The Hall–Kier alpha value is -1.97. The van der Waals surface area contributed by atoms with Crippen molar-refractivity contribution in [1.29, 1.82) is 0 Å². The molecule has 80 valence electrons. The molecule has 4 heteroatoms. The van der Waals surface area contributed by atoms with Crippen LogP contribution in [0.3, 0.4) is 0 Å². The van der Waals surface area contributed by atoms with Gasteiger partial charge >= 0.3 is 5.97 Å². The molecule has 0 aromatic carbocycles. The highest BCUT2D eigenvalue weighted by Crippen LogP contribution is 2.12. The van der Waals surface area contributed by atoms with E-state index in [1.165, 1.54) is 6.20 Å². The van der Waals surface area contributed by atoms with E-state index in [1.54, 1.807) is 0 Å². The Bertz CT molecular complexity index is 617. The van der Waals surface area contributed by atoms with Gasteiger partial charge < -0.3 is 4.84 Å². The van der Waals surface area contributed by atoms with Crippen molar-refractivity contribution in [1.82, 2.24) is 4.98 Å². The van der Waals surface area contributed by atoms with E-state index >= 15 is 0 Å². The Morgan fingerprint density at radius 2 is 2.38 bits per heavy atom. The molecule has 2 heterocycles. The average molecular weight is 214 g/mol. The lowest BCUT2D eigenvalue weighted by atomic mass is 9.98. The van der Waals surface area contributed by atoms with E-state index in [0.29, 0.717) is 16.8 Å². The molecule has 0 saturated carbocycles. The first kappa shape index (κ1) is 9.27. The van der Waals surface area contributed by atoms with Crippen LogP contribution in [0.5, 0.6) is 0 Å². The zero-order valence-corrected chi connectivity index (χ0v) is 8.80. The maximum Gasteiger partial charge on any atom is 0.369 e. The van der Waals surface area contributed by atoms with Crippen LogP contribution in [-0.2, 0) is 4.84 Å². The maximum atomic E-state index is 11.3. The summed E-state index contributed by atoms with van der Waals surface area (Å²) in [7, 11) is 0. The van der Waals surface area contributed by atoms with Gasteiger partial charge in [0, 0.05) is 11.4 Å². The summed E-state index contributed by atoms with van der Waals surface area (Å²) in [5.74, 6) is -0.0343. The molecular formula is C12H10N2O2. The molecule has 1 aromatic rings. The van der Waals surface area contributed by atoms with Gasteiger partial charge in [0.2, 0.25) is 0 Å². The summed E-state index contributed by atoms with van der Waals surface area (Å²) in [6, 6.07) is 0. The van der Waals surface area contributed by atoms with Gasteiger partial charge in [0.15, 0.2) is 0 Å². The monoisotopic (exact) mass is 214 g/mol. The maximum absolute atomic E-state index is 11.3. The average Bonchev–Trinajstić information content (AvgIpc) is 2.71. The van der Waals surface area contributed by atoms with Crippen molar-refractivity contribution in [2.75, 3.05) is 0 Å². The summed E-state index contributed by atoms with van der Waals surface area (Å²) in [4.78, 5) is 20.2. The molecule has 1 aromatic heterocycles. The molecule has 1 unspecified atom stereocenters. The van der Waals surface area contributed by atoms with Crippen molar-refractivity contribution in [3.05, 3.63) is 34.1 Å². The lowest BCUT2D eigenvalue weighted by Gasteiger charge is -2.08. The van der Waals surface area contributed by atoms with Gasteiger partial charge in [-0.05, 0) is 18.4 Å². The first-order chi connectivity index (χ1) is 7.79. The second-order valence-corrected chi connectivity index (χ2v) is 3.89. The molecule has 0 amide bonds. The number of fused-ring (bicyclic) bond motifs is 3. The topological polar surface area (TPSA) is 51.6 Å². The number of hydrogen-bond donors (Lipinski definition) is 0. The number of rotatable bonds is 1. The third-order valence-electron chi connectivity index (χ3n) is 2.91. The normalized spacial score (nSPS) is 20.6. The van der Waals surface area contributed by atoms with E-state index in [4.69, 9.17) is 0 Å². The van der Waals surface area contributed by atoms with Gasteiger partial charge in [-0.15, -0.1) is 0 Å². The van der Waals surface area contributed by atoms with E-state index < -0.39 is 5.97 Å². The van der Waals surface area contributed by atoms with E-state index in [1.807, 2.05) is 6.08 Å². The smallest absolute Gasteiger partial charge is 0.312 e. The van der Waals surface area contributed by atoms with Gasteiger partial charge in [-0.2, -0.15) is 0 Å². The molecule has 2 aliphatic rings. The van der Waals surface area contributed by atoms with E-state index in [-0.39, 0.29) is 0 Å². The Labute approximate surface area is 91.9 Å². The van der Waals surface area contributed by atoms with Crippen LogP contribution in [0.1, 0.15) is 29.4 Å². The van der Waals surface area contributed by atoms with Crippen LogP contribution in [0.15, 0.2) is 17.4 Å². The molecule has 0 fully saturated rings. The van der Waals surface area contributed by atoms with Crippen molar-refractivity contribution in [2.45, 2.75) is 13.3 Å². The van der Waals surface area contributed by atoms with E-state index in [9.17, 15) is 4.79 Å². The summed E-state index contributed by atoms with van der Waals surface area (Å²) in [5, 5.41) is 5.35. The van der Waals surface area contributed by atoms with Crippen LogP contribution in [0.25, 0.3) is 12.2 Å². The molecule has 0 spiro atoms. The number of allylic oxidation sites excluding steroid dienone is 1. The van der Waals surface area contributed by atoms with Crippen LogP contribution < -0.4 is 10.6 Å². The fourth-order valence-electron chi connectivity index (χ4n) is 1.95. The van der Waals surface area contributed by atoms with Gasteiger partial charge in [-0.3, -0.25) is 4.98 Å². The van der Waals surface area contributed by atoms with Crippen molar-refractivity contribution in [3.63, 3.8) is 0 Å². The second-order valence-electron chi connectivity index (χ2n) is 3.89. The molecule has 0 N–H and O–H groups in total. The molecule has 1 aliphatic heterocycles. The van der Waals surface area contributed by atoms with Crippen molar-refractivity contribution in [3.8, 4) is 0 Å². The van der Waals surface area contributed by atoms with Gasteiger partial charge in [-0.1, -0.05) is 24.2 Å². The van der Waals surface area contributed by atoms with Gasteiger partial charge in [0.05, 0.1) is 5.69 Å². The number of nitrogens with zero attached hydrogens (tertiary/aromatic N) is 2. The third kappa shape index (κ3) is 1.19. The first-order valence-corrected chi connectivity index (χ1v) is 5.28. The minimum atomic E-state index is -0.415. The second kappa shape index (κ2) is 3.27. The number of aromatic nitrogens is 1. The summed E-state index contributed by atoms with van der Waals surface area (Å²) in [6.07, 6.45) is 8.72. The predicted molar refractivity (Wildman–Crippen MR) is 57.7 cm³/mol. The van der Waals surface area contributed by atoms with Crippen LogP contribution in [0, 0.1) is 5.92 Å². The highest BCUT2D eigenvalue weighted by Gasteiger charge is 2.20. The molecule has 0 saturated heterocycles. The van der Waals surface area contributed by atoms with Crippen LogP contribution >= 0.6 is 0 Å². The summed E-state index contributed by atoms with van der Waals surface area (Å²) >= 11 is 0. The minimum absolute atomic E-state index is 0.381. The van der Waals surface area contributed by atoms with E-state index in [0.717, 1.165) is 17.3 Å². The fraction of sp³-hybridized carbons (Fsp3) is 0.250. The molecule has 1 atom stereocenters. The quantitative estimate of drug-likeness (QED) is 0.644. The summed E-state index contributed by atoms with van der Waals surface area (Å²) in [5.41, 5.74) is 1.31. The van der Waals surface area contributed by atoms with E-state index in [2.05, 4.69) is 34.1 Å². The predicted octanol–water partition coefficient (Wildman–Crippen LogP) is 0.620. The molecule has 3 rings (SSSR count). The zero-order valence-electron chi connectivity index (χ0n) is 8.80. The zero-order chi connectivity index (χ0) is 11.1. The Morgan fingerprint density at radius 3 is 3.19 bits per heavy atom. The minimum Gasteiger partial charge on any atom is -0.312 e. The standard InChI is InChI=1S/C12H10N2O2/c1-2-7-3-4-10-8(5-7)11-9(6-13-10)12(15)16-14-11/h3-7H,2H2,1H3. The number of carbonyl (C=O) groups is 1. The fourth-order valence-corrected chi connectivity index (χ4v) is 1.95. The summed E-state index contributed by atoms with van der Waals surface area (Å²) < 4.78 is 0. The highest BCUT2D eigenvalue weighted by atomic mass is 16.7. The Morgan fingerprint density at radius 1 is 1.50 bits per heavy atom. The Balaban J connectivity index is 2.34. The number of pyridine rings is 1. The van der Waals surface area contributed by atoms with Crippen LogP contribution in [0.2, 0.25) is 0 Å². The van der Waals surface area contributed by atoms with Gasteiger partial charge in [-0.25, -0.2) is 4.79 Å². The summed E-state index contributed by atoms with van der Waals surface area (Å²) in [6.45, 7) is 2.12. The third-order valence-corrected chi connectivity index (χ3v) is 2.91. The van der Waals surface area contributed by atoms with Crippen molar-refractivity contribution in [2.24, 2.45) is 11.1 Å². The number of hydrogen-bond acceptors (Lipinski definition) is 4. The molecule has 4 nitrogen and oxygen atoms in total. The van der Waals surface area contributed by atoms with Gasteiger partial charge in [0.1, 0.15) is 10.9 Å². The molecule has 16 heavy (non-hydrogen) atoms. The molecule has 0 bridgehead atoms. The highest BCUT2D eigenvalue weighted by molar-refractivity contribution is 5.90. The van der Waals surface area contributed by atoms with Crippen LogP contribution in [-0.4, -0.2) is 11.0 Å². The molecule has 0 radical (unpaired) electrons. The van der Waals surface area contributed by atoms with Crippen molar-refractivity contribution >= 4 is 18.1 Å². The lowest BCUT2D eigenvalue weighted by Crippen LogP contribution is -2.33. The lowest BCUT2D eigenvalue weighted by molar-refractivity contribution is 0.0543. The van der Waals surface area contributed by atoms with Gasteiger partial charge in [0.25, 0.3) is 0 Å². The molecular weight excluding hydrogens is 204 g/mol. The first-order valence-electron chi connectivity index (χ1n) is 5.28. The molecule has 1 aliphatic carbocycles. The number of carbonyl (C=O) groups excluding carboxylic acids is 1. The van der Waals surface area contributed by atoms with Crippen molar-refractivity contribution < 1.29 is 9.63 Å². The Kier molecular flexibility index (Phi) is 1.89.